The molecule has 23 heavy (non-hydrogen) atoms. The summed E-state index contributed by atoms with van der Waals surface area (Å²) in [7, 11) is 0. The molecule has 0 N–H and O–H groups in total. The first-order valence-electron chi connectivity index (χ1n) is 9.24. The van der Waals surface area contributed by atoms with Gasteiger partial charge in [-0.3, -0.25) is 4.90 Å². The van der Waals surface area contributed by atoms with E-state index < -0.39 is 0 Å². The van der Waals surface area contributed by atoms with E-state index >= 15 is 0 Å². The summed E-state index contributed by atoms with van der Waals surface area (Å²) in [5.74, 6) is 1.40. The van der Waals surface area contributed by atoms with Crippen molar-refractivity contribution >= 4 is 0 Å². The summed E-state index contributed by atoms with van der Waals surface area (Å²) in [6, 6.07) is 20.1. The zero-order valence-corrected chi connectivity index (χ0v) is 13.9. The van der Waals surface area contributed by atoms with Crippen LogP contribution in [0.15, 0.2) is 48.5 Å². The third-order valence-corrected chi connectivity index (χ3v) is 6.54. The number of benzene rings is 2. The first-order chi connectivity index (χ1) is 11.3. The highest BCUT2D eigenvalue weighted by Crippen LogP contribution is 2.58. The van der Waals surface area contributed by atoms with E-state index in [1.807, 2.05) is 0 Å². The molecule has 4 aliphatic rings. The van der Waals surface area contributed by atoms with E-state index in [1.54, 1.807) is 16.7 Å². The number of hydrogen-bond donors (Lipinski definition) is 0. The van der Waals surface area contributed by atoms with E-state index in [0.717, 1.165) is 6.04 Å². The number of hydrogen-bond acceptors (Lipinski definition) is 1. The van der Waals surface area contributed by atoms with Crippen LogP contribution in [0.5, 0.6) is 0 Å². The molecule has 0 amide bonds. The third-order valence-electron chi connectivity index (χ3n) is 6.54. The monoisotopic (exact) mass is 303 g/mol. The average molecular weight is 303 g/mol. The number of nitrogens with zero attached hydrogens (tertiary/aromatic N) is 1. The Labute approximate surface area is 139 Å². The molecule has 2 fully saturated rings. The van der Waals surface area contributed by atoms with Gasteiger partial charge < -0.3 is 0 Å². The van der Waals surface area contributed by atoms with Crippen molar-refractivity contribution in [2.24, 2.45) is 0 Å². The molecule has 0 saturated carbocycles. The lowest BCUT2D eigenvalue weighted by atomic mass is 9.61. The number of piperidine rings is 2. The minimum absolute atomic E-state index is 0.646. The molecule has 0 radical (unpaired) electrons. The van der Waals surface area contributed by atoms with E-state index in [0.29, 0.717) is 17.9 Å². The summed E-state index contributed by atoms with van der Waals surface area (Å²) >= 11 is 0. The average Bonchev–Trinajstić information content (AvgIpc) is 2.62. The van der Waals surface area contributed by atoms with Gasteiger partial charge in [0.2, 0.25) is 0 Å². The minimum atomic E-state index is 0.646. The van der Waals surface area contributed by atoms with Gasteiger partial charge in [-0.1, -0.05) is 60.5 Å². The molecule has 2 bridgehead atoms. The molecule has 1 aliphatic carbocycles. The van der Waals surface area contributed by atoms with Crippen LogP contribution in [0.1, 0.15) is 65.8 Å². The summed E-state index contributed by atoms with van der Waals surface area (Å²) in [5, 5.41) is 0. The normalized spacial score (nSPS) is 32.4. The summed E-state index contributed by atoms with van der Waals surface area (Å²) in [4.78, 5) is 2.85. The number of rotatable bonds is 1. The van der Waals surface area contributed by atoms with Crippen LogP contribution in [0, 0.1) is 6.92 Å². The van der Waals surface area contributed by atoms with E-state index in [2.05, 4.69) is 60.4 Å². The van der Waals surface area contributed by atoms with Crippen LogP contribution in [-0.4, -0.2) is 17.5 Å². The Hall–Kier alpha value is -1.60. The molecule has 4 atom stereocenters. The second kappa shape index (κ2) is 5.21. The van der Waals surface area contributed by atoms with Gasteiger partial charge in [0.15, 0.2) is 0 Å². The van der Waals surface area contributed by atoms with Gasteiger partial charge in [-0.2, -0.15) is 0 Å². The first kappa shape index (κ1) is 13.8. The van der Waals surface area contributed by atoms with Crippen molar-refractivity contribution in [1.82, 2.24) is 4.90 Å². The maximum atomic E-state index is 2.85. The van der Waals surface area contributed by atoms with Gasteiger partial charge in [-0.15, -0.1) is 0 Å². The van der Waals surface area contributed by atoms with Crippen molar-refractivity contribution in [3.05, 3.63) is 70.8 Å². The quantitative estimate of drug-likeness (QED) is 0.702. The van der Waals surface area contributed by atoms with E-state index in [4.69, 9.17) is 0 Å². The predicted octanol–water partition coefficient (Wildman–Crippen LogP) is 5.18. The van der Waals surface area contributed by atoms with Crippen molar-refractivity contribution in [3.63, 3.8) is 0 Å². The summed E-state index contributed by atoms with van der Waals surface area (Å²) in [6.07, 6.45) is 5.49. The molecule has 0 aromatic heterocycles. The van der Waals surface area contributed by atoms with Crippen LogP contribution in [0.4, 0.5) is 0 Å². The van der Waals surface area contributed by atoms with E-state index in [9.17, 15) is 0 Å². The molecule has 2 saturated heterocycles. The van der Waals surface area contributed by atoms with Gasteiger partial charge in [0.05, 0.1) is 0 Å². The highest BCUT2D eigenvalue weighted by atomic mass is 15.2. The molecule has 0 spiro atoms. The summed E-state index contributed by atoms with van der Waals surface area (Å²) in [5.41, 5.74) is 6.20. The lowest BCUT2D eigenvalue weighted by molar-refractivity contribution is 0.00753. The topological polar surface area (TPSA) is 3.24 Å². The molecule has 118 valence electrons. The smallest absolute Gasteiger partial charge is 0.0360 e. The van der Waals surface area contributed by atoms with E-state index in [-0.39, 0.29) is 0 Å². The van der Waals surface area contributed by atoms with Gasteiger partial charge in [0, 0.05) is 18.0 Å². The molecule has 4 unspecified atom stereocenters. The number of fused-ring (bicyclic) bond motifs is 1. The fraction of sp³-hybridized carbons (Fsp3) is 0.455. The zero-order chi connectivity index (χ0) is 15.4. The van der Waals surface area contributed by atoms with Gasteiger partial charge in [-0.25, -0.2) is 0 Å². The largest absolute Gasteiger partial charge is 0.293 e. The second-order valence-electron chi connectivity index (χ2n) is 7.72. The van der Waals surface area contributed by atoms with Crippen LogP contribution >= 0.6 is 0 Å². The molecule has 2 aromatic carbocycles. The van der Waals surface area contributed by atoms with Crippen molar-refractivity contribution in [2.75, 3.05) is 6.54 Å². The van der Waals surface area contributed by atoms with Crippen molar-refractivity contribution < 1.29 is 0 Å². The third kappa shape index (κ3) is 2.03. The van der Waals surface area contributed by atoms with Crippen LogP contribution in [-0.2, 0) is 0 Å². The molecule has 1 nitrogen and oxygen atoms in total. The van der Waals surface area contributed by atoms with Gasteiger partial charge in [-0.05, 0) is 55.3 Å². The van der Waals surface area contributed by atoms with Crippen molar-refractivity contribution in [3.8, 4) is 0 Å². The van der Waals surface area contributed by atoms with Crippen molar-refractivity contribution in [2.45, 2.75) is 56.5 Å². The Bertz CT molecular complexity index is 717. The molecule has 3 aliphatic heterocycles. The second-order valence-corrected chi connectivity index (χ2v) is 7.72. The van der Waals surface area contributed by atoms with Crippen LogP contribution in [0.3, 0.4) is 0 Å². The van der Waals surface area contributed by atoms with Gasteiger partial charge in [0.1, 0.15) is 0 Å². The maximum absolute atomic E-state index is 2.85. The fourth-order valence-electron chi connectivity index (χ4n) is 5.55. The van der Waals surface area contributed by atoms with Crippen molar-refractivity contribution in [1.29, 1.82) is 0 Å². The molecular weight excluding hydrogens is 278 g/mol. The summed E-state index contributed by atoms with van der Waals surface area (Å²) in [6.45, 7) is 3.50. The lowest BCUT2D eigenvalue weighted by Crippen LogP contribution is -2.54. The SMILES string of the molecule is Cc1ccc(C2CC3c4ccccc4C2C2CCCCN32)cc1. The maximum Gasteiger partial charge on any atom is 0.0360 e. The Morgan fingerprint density at radius 3 is 2.52 bits per heavy atom. The molecule has 2 aromatic rings. The molecule has 3 heterocycles. The van der Waals surface area contributed by atoms with Crippen LogP contribution in [0.25, 0.3) is 0 Å². The predicted molar refractivity (Wildman–Crippen MR) is 94.8 cm³/mol. The van der Waals surface area contributed by atoms with Crippen LogP contribution < -0.4 is 0 Å². The summed E-state index contributed by atoms with van der Waals surface area (Å²) < 4.78 is 0. The number of aryl methyl sites for hydroxylation is 1. The highest BCUT2D eigenvalue weighted by molar-refractivity contribution is 5.44. The molecule has 6 rings (SSSR count). The fourth-order valence-corrected chi connectivity index (χ4v) is 5.55. The zero-order valence-electron chi connectivity index (χ0n) is 13.9. The van der Waals surface area contributed by atoms with E-state index in [1.165, 1.54) is 37.8 Å². The highest BCUT2D eigenvalue weighted by Gasteiger charge is 2.50. The first-order valence-corrected chi connectivity index (χ1v) is 9.24. The molecule has 1 heteroatoms. The Morgan fingerprint density at radius 1 is 0.913 bits per heavy atom. The van der Waals surface area contributed by atoms with Crippen LogP contribution in [0.2, 0.25) is 0 Å². The van der Waals surface area contributed by atoms with Gasteiger partial charge in [0.25, 0.3) is 0 Å². The Kier molecular flexibility index (Phi) is 3.12. The lowest BCUT2D eigenvalue weighted by Gasteiger charge is -2.57. The standard InChI is InChI=1S/C22H25N/c1-15-9-11-16(12-10-15)19-14-21-17-6-2-3-7-18(17)22(19)20-8-4-5-13-23(20)21/h2-3,6-7,9-12,19-22H,4-5,8,13-14H2,1H3. The Balaban J connectivity index is 1.63. The Morgan fingerprint density at radius 2 is 1.70 bits per heavy atom. The molecular formula is C22H25N. The van der Waals surface area contributed by atoms with Gasteiger partial charge >= 0.3 is 0 Å². The minimum Gasteiger partial charge on any atom is -0.293 e.